The summed E-state index contributed by atoms with van der Waals surface area (Å²) < 4.78 is 36.9. The predicted octanol–water partition coefficient (Wildman–Crippen LogP) is 5.93. The van der Waals surface area contributed by atoms with Gasteiger partial charge in [-0.05, 0) is 73.4 Å². The SMILES string of the molecule is O=C(NC1CCCC1)c1ccccc1S(=O)(=O)Cc1c2c(cc(O)c1O[C@H](Cn1ccnc1)c1ccccc1)CCCC2. The maximum atomic E-state index is 14.2. The lowest BCUT2D eigenvalue weighted by Crippen LogP contribution is -2.33. The van der Waals surface area contributed by atoms with Gasteiger partial charge in [0.1, 0.15) is 6.10 Å². The van der Waals surface area contributed by atoms with Gasteiger partial charge in [0.2, 0.25) is 0 Å². The van der Waals surface area contributed by atoms with Crippen LogP contribution in [0.15, 0.2) is 84.3 Å². The zero-order chi connectivity index (χ0) is 29.8. The first-order valence-electron chi connectivity index (χ1n) is 15.1. The molecule has 0 radical (unpaired) electrons. The number of nitrogens with one attached hydrogen (secondary N) is 1. The van der Waals surface area contributed by atoms with Crippen LogP contribution in [0.1, 0.15) is 77.2 Å². The molecule has 0 unspecified atom stereocenters. The number of carbonyl (C=O) groups is 1. The molecule has 2 aliphatic rings. The van der Waals surface area contributed by atoms with Crippen molar-refractivity contribution < 1.29 is 23.1 Å². The quantitative estimate of drug-likeness (QED) is 0.234. The van der Waals surface area contributed by atoms with Crippen LogP contribution < -0.4 is 10.1 Å². The molecule has 43 heavy (non-hydrogen) atoms. The largest absolute Gasteiger partial charge is 0.504 e. The normalized spacial score (nSPS) is 16.0. The van der Waals surface area contributed by atoms with Crippen LogP contribution in [-0.4, -0.2) is 35.0 Å². The average Bonchev–Trinajstić information content (AvgIpc) is 3.73. The Hall–Kier alpha value is -4.11. The smallest absolute Gasteiger partial charge is 0.252 e. The maximum absolute atomic E-state index is 14.2. The lowest BCUT2D eigenvalue weighted by molar-refractivity contribution is 0.0934. The molecule has 1 heterocycles. The molecule has 1 fully saturated rings. The number of phenolic OH excluding ortho intramolecular Hbond substituents is 1. The van der Waals surface area contributed by atoms with Crippen molar-refractivity contribution in [2.24, 2.45) is 0 Å². The van der Waals surface area contributed by atoms with Gasteiger partial charge >= 0.3 is 0 Å². The highest BCUT2D eigenvalue weighted by molar-refractivity contribution is 7.90. The molecule has 1 aromatic heterocycles. The van der Waals surface area contributed by atoms with Gasteiger partial charge in [-0.2, -0.15) is 0 Å². The monoisotopic (exact) mass is 599 g/mol. The van der Waals surface area contributed by atoms with Gasteiger partial charge in [-0.1, -0.05) is 55.3 Å². The number of imidazole rings is 1. The molecule has 2 N–H and O–H groups in total. The maximum Gasteiger partial charge on any atom is 0.252 e. The van der Waals surface area contributed by atoms with Crippen molar-refractivity contribution >= 4 is 15.7 Å². The second kappa shape index (κ2) is 12.6. The zero-order valence-electron chi connectivity index (χ0n) is 24.1. The molecule has 8 nitrogen and oxygen atoms in total. The van der Waals surface area contributed by atoms with Crippen LogP contribution in [-0.2, 0) is 35.0 Å². The fourth-order valence-corrected chi connectivity index (χ4v) is 7.99. The molecule has 0 aliphatic heterocycles. The number of fused-ring (bicyclic) bond motifs is 1. The van der Waals surface area contributed by atoms with Crippen molar-refractivity contribution in [3.05, 3.63) is 107 Å². The lowest BCUT2D eigenvalue weighted by Gasteiger charge is -2.27. The van der Waals surface area contributed by atoms with Gasteiger partial charge in [-0.15, -0.1) is 0 Å². The molecule has 9 heteroatoms. The number of nitrogens with zero attached hydrogens (tertiary/aromatic N) is 2. The van der Waals surface area contributed by atoms with Crippen LogP contribution in [0.2, 0.25) is 0 Å². The molecule has 1 amide bonds. The van der Waals surface area contributed by atoms with Gasteiger partial charge in [0, 0.05) is 24.0 Å². The number of phenols is 1. The van der Waals surface area contributed by atoms with Crippen molar-refractivity contribution in [2.45, 2.75) is 80.7 Å². The number of aryl methyl sites for hydroxylation is 1. The third-order valence-corrected chi connectivity index (χ3v) is 10.2. The summed E-state index contributed by atoms with van der Waals surface area (Å²) >= 11 is 0. The van der Waals surface area contributed by atoms with Crippen LogP contribution in [0, 0.1) is 0 Å². The summed E-state index contributed by atoms with van der Waals surface area (Å²) in [6, 6.07) is 17.9. The highest BCUT2D eigenvalue weighted by Gasteiger charge is 2.31. The van der Waals surface area contributed by atoms with Gasteiger partial charge in [0.25, 0.3) is 5.91 Å². The van der Waals surface area contributed by atoms with E-state index in [2.05, 4.69) is 10.3 Å². The van der Waals surface area contributed by atoms with E-state index in [1.807, 2.05) is 41.1 Å². The third kappa shape index (κ3) is 6.46. The Morgan fingerprint density at radius 1 is 1.02 bits per heavy atom. The van der Waals surface area contributed by atoms with Crippen molar-refractivity contribution in [3.63, 3.8) is 0 Å². The molecule has 1 atom stereocenters. The van der Waals surface area contributed by atoms with Crippen LogP contribution >= 0.6 is 0 Å². The summed E-state index contributed by atoms with van der Waals surface area (Å²) in [5, 5.41) is 14.4. The number of carbonyl (C=O) groups excluding carboxylic acids is 1. The van der Waals surface area contributed by atoms with E-state index in [4.69, 9.17) is 4.74 Å². The fourth-order valence-electron chi connectivity index (χ4n) is 6.37. The van der Waals surface area contributed by atoms with Crippen molar-refractivity contribution in [2.75, 3.05) is 0 Å². The molecule has 6 rings (SSSR count). The number of ether oxygens (including phenoxy) is 1. The van der Waals surface area contributed by atoms with Crippen molar-refractivity contribution in [1.29, 1.82) is 0 Å². The van der Waals surface area contributed by atoms with E-state index in [9.17, 15) is 18.3 Å². The first-order chi connectivity index (χ1) is 20.9. The lowest BCUT2D eigenvalue weighted by atomic mass is 9.88. The summed E-state index contributed by atoms with van der Waals surface area (Å²) in [5.41, 5.74) is 3.35. The summed E-state index contributed by atoms with van der Waals surface area (Å²) in [6.45, 7) is 0.414. The van der Waals surface area contributed by atoms with E-state index >= 15 is 0 Å². The third-order valence-electron chi connectivity index (χ3n) is 8.55. The number of aromatic nitrogens is 2. The topological polar surface area (TPSA) is 111 Å². The standard InChI is InChI=1S/C34H37N3O5S/c38-30-20-25-12-4-7-15-27(25)29(33(30)42-31(21-37-19-18-35-23-37)24-10-2-1-3-11-24)22-43(40,41)32-17-9-8-16-28(32)34(39)36-26-13-5-6-14-26/h1-3,8-11,16-20,23,26,31,38H,4-7,12-15,21-22H2,(H,36,39)/t31-/m1/s1. The highest BCUT2D eigenvalue weighted by atomic mass is 32.2. The second-order valence-corrected chi connectivity index (χ2v) is 13.5. The minimum Gasteiger partial charge on any atom is -0.504 e. The molecule has 224 valence electrons. The Kier molecular flexibility index (Phi) is 8.51. The molecule has 2 aliphatic carbocycles. The molecular weight excluding hydrogens is 562 g/mol. The number of benzene rings is 3. The Balaban J connectivity index is 1.39. The van der Waals surface area contributed by atoms with Crippen LogP contribution in [0.5, 0.6) is 11.5 Å². The second-order valence-electron chi connectivity index (χ2n) is 11.5. The number of hydrogen-bond donors (Lipinski definition) is 2. The molecular formula is C34H37N3O5S. The van der Waals surface area contributed by atoms with Crippen LogP contribution in [0.4, 0.5) is 0 Å². The fraction of sp³-hybridized carbons (Fsp3) is 0.353. The summed E-state index contributed by atoms with van der Waals surface area (Å²) in [5.74, 6) is -0.667. The van der Waals surface area contributed by atoms with E-state index in [-0.39, 0.29) is 39.7 Å². The number of sulfone groups is 1. The molecule has 3 aromatic carbocycles. The van der Waals surface area contributed by atoms with E-state index in [1.165, 1.54) is 6.07 Å². The Morgan fingerprint density at radius 3 is 2.53 bits per heavy atom. The van der Waals surface area contributed by atoms with Crippen molar-refractivity contribution in [3.8, 4) is 11.5 Å². The molecule has 1 saturated carbocycles. The van der Waals surface area contributed by atoms with E-state index < -0.39 is 15.9 Å². The zero-order valence-corrected chi connectivity index (χ0v) is 24.9. The molecule has 0 spiro atoms. The molecule has 0 bridgehead atoms. The van der Waals surface area contributed by atoms with E-state index in [0.29, 0.717) is 18.5 Å². The summed E-state index contributed by atoms with van der Waals surface area (Å²) in [6.07, 6.45) is 12.0. The number of hydrogen-bond acceptors (Lipinski definition) is 6. The predicted molar refractivity (Wildman–Crippen MR) is 164 cm³/mol. The average molecular weight is 600 g/mol. The molecule has 4 aromatic rings. The summed E-state index contributed by atoms with van der Waals surface area (Å²) in [7, 11) is -4.01. The number of aromatic hydroxyl groups is 1. The van der Waals surface area contributed by atoms with Crippen molar-refractivity contribution in [1.82, 2.24) is 14.9 Å². The van der Waals surface area contributed by atoms with Gasteiger partial charge in [0.15, 0.2) is 21.3 Å². The van der Waals surface area contributed by atoms with Gasteiger partial charge in [-0.25, -0.2) is 13.4 Å². The minimum absolute atomic E-state index is 0.0117. The van der Waals surface area contributed by atoms with E-state index in [1.54, 1.807) is 36.8 Å². The Labute approximate surface area is 252 Å². The first kappa shape index (κ1) is 29.0. The highest BCUT2D eigenvalue weighted by Crippen LogP contribution is 2.42. The van der Waals surface area contributed by atoms with Gasteiger partial charge in [-0.3, -0.25) is 4.79 Å². The number of rotatable bonds is 10. The Morgan fingerprint density at radius 2 is 1.77 bits per heavy atom. The van der Waals surface area contributed by atoms with E-state index in [0.717, 1.165) is 61.6 Å². The Bertz CT molecular complexity index is 1680. The van der Waals surface area contributed by atoms with Crippen LogP contribution in [0.3, 0.4) is 0 Å². The summed E-state index contributed by atoms with van der Waals surface area (Å²) in [4.78, 5) is 17.4. The van der Waals surface area contributed by atoms with Gasteiger partial charge in [0.05, 0.1) is 29.1 Å². The minimum atomic E-state index is -4.01. The first-order valence-corrected chi connectivity index (χ1v) is 16.7. The molecule has 0 saturated heterocycles. The van der Waals surface area contributed by atoms with Gasteiger partial charge < -0.3 is 19.7 Å². The van der Waals surface area contributed by atoms with Crippen LogP contribution in [0.25, 0.3) is 0 Å². The number of amides is 1.